The lowest BCUT2D eigenvalue weighted by molar-refractivity contribution is 0.686. The van der Waals surface area contributed by atoms with E-state index in [1.165, 1.54) is 30.4 Å². The summed E-state index contributed by atoms with van der Waals surface area (Å²) in [6.07, 6.45) is 4.91. The summed E-state index contributed by atoms with van der Waals surface area (Å²) in [5.41, 5.74) is 5.73. The first kappa shape index (κ1) is 14.1. The number of pyridine rings is 1. The number of fused-ring (bicyclic) bond motifs is 1. The molecule has 2 aromatic rings. The topological polar surface area (TPSA) is 44.9 Å². The zero-order valence-corrected chi connectivity index (χ0v) is 12.5. The Labute approximate surface area is 125 Å². The summed E-state index contributed by atoms with van der Waals surface area (Å²) in [5, 5.41) is 3.19. The third kappa shape index (κ3) is 3.08. The van der Waals surface area contributed by atoms with E-state index in [1.807, 2.05) is 19.1 Å². The fourth-order valence-electron chi connectivity index (χ4n) is 2.97. The fraction of sp³-hybridized carbons (Fsp3) is 0.389. The van der Waals surface area contributed by atoms with Gasteiger partial charge in [0.1, 0.15) is 0 Å². The second-order valence-corrected chi connectivity index (χ2v) is 5.70. The van der Waals surface area contributed by atoms with E-state index in [9.17, 15) is 4.79 Å². The molecule has 3 heteroatoms. The Hall–Kier alpha value is -1.87. The Morgan fingerprint density at radius 2 is 1.90 bits per heavy atom. The Balaban J connectivity index is 1.90. The van der Waals surface area contributed by atoms with Crippen LogP contribution in [0.2, 0.25) is 0 Å². The van der Waals surface area contributed by atoms with Crippen LogP contribution in [0.1, 0.15) is 36.5 Å². The van der Waals surface area contributed by atoms with Crippen LogP contribution in [0.25, 0.3) is 11.3 Å². The van der Waals surface area contributed by atoms with E-state index in [2.05, 4.69) is 28.5 Å². The van der Waals surface area contributed by atoms with Crippen LogP contribution in [0.5, 0.6) is 0 Å². The smallest absolute Gasteiger partial charge is 0.252 e. The maximum atomic E-state index is 12.1. The zero-order valence-electron chi connectivity index (χ0n) is 12.5. The first-order chi connectivity index (χ1) is 10.3. The van der Waals surface area contributed by atoms with Crippen molar-refractivity contribution in [2.45, 2.75) is 39.2 Å². The van der Waals surface area contributed by atoms with Gasteiger partial charge in [0.2, 0.25) is 0 Å². The van der Waals surface area contributed by atoms with Crippen molar-refractivity contribution in [1.29, 1.82) is 0 Å². The van der Waals surface area contributed by atoms with Crippen molar-refractivity contribution in [2.75, 3.05) is 6.54 Å². The van der Waals surface area contributed by atoms with Gasteiger partial charge in [-0.2, -0.15) is 0 Å². The number of H-pyrrole nitrogens is 1. The molecule has 0 saturated carbocycles. The SMILES string of the molecule is CCNCc1ccc(-c2ccc3c(c2)CCCC3)[nH]c1=O. The molecule has 0 spiro atoms. The molecule has 1 aromatic carbocycles. The standard InChI is InChI=1S/C18H22N2O/c1-2-19-12-16-9-10-17(20-18(16)21)15-8-7-13-5-3-4-6-14(13)11-15/h7-11,19H,2-6,12H2,1H3,(H,20,21). The van der Waals surface area contributed by atoms with E-state index in [1.54, 1.807) is 0 Å². The van der Waals surface area contributed by atoms with Crippen molar-refractivity contribution in [3.8, 4) is 11.3 Å². The first-order valence-electron chi connectivity index (χ1n) is 7.83. The molecule has 0 atom stereocenters. The second kappa shape index (κ2) is 6.27. The number of aryl methyl sites for hydroxylation is 2. The van der Waals surface area contributed by atoms with Crippen molar-refractivity contribution in [3.63, 3.8) is 0 Å². The second-order valence-electron chi connectivity index (χ2n) is 5.70. The summed E-state index contributed by atoms with van der Waals surface area (Å²) in [4.78, 5) is 15.1. The molecule has 3 rings (SSSR count). The number of nitrogens with one attached hydrogen (secondary N) is 2. The van der Waals surface area contributed by atoms with Crippen LogP contribution in [0, 0.1) is 0 Å². The highest BCUT2D eigenvalue weighted by Gasteiger charge is 2.11. The lowest BCUT2D eigenvalue weighted by atomic mass is 9.90. The lowest BCUT2D eigenvalue weighted by Crippen LogP contribution is -2.20. The summed E-state index contributed by atoms with van der Waals surface area (Å²) >= 11 is 0. The van der Waals surface area contributed by atoms with E-state index < -0.39 is 0 Å². The molecule has 2 N–H and O–H groups in total. The van der Waals surface area contributed by atoms with E-state index in [0.29, 0.717) is 6.54 Å². The van der Waals surface area contributed by atoms with Crippen LogP contribution in [0.4, 0.5) is 0 Å². The molecule has 3 nitrogen and oxygen atoms in total. The Morgan fingerprint density at radius 1 is 1.10 bits per heavy atom. The number of rotatable bonds is 4. The van der Waals surface area contributed by atoms with Crippen molar-refractivity contribution in [1.82, 2.24) is 10.3 Å². The van der Waals surface area contributed by atoms with Gasteiger partial charge in [-0.25, -0.2) is 0 Å². The van der Waals surface area contributed by atoms with Gasteiger partial charge in [0.05, 0.1) is 0 Å². The van der Waals surface area contributed by atoms with Crippen LogP contribution in [0.3, 0.4) is 0 Å². The molecule has 21 heavy (non-hydrogen) atoms. The van der Waals surface area contributed by atoms with E-state index in [0.717, 1.165) is 29.8 Å². The molecule has 1 aliphatic carbocycles. The summed E-state index contributed by atoms with van der Waals surface area (Å²) in [6, 6.07) is 10.5. The van der Waals surface area contributed by atoms with Gasteiger partial charge in [-0.1, -0.05) is 25.1 Å². The predicted molar refractivity (Wildman–Crippen MR) is 86.5 cm³/mol. The van der Waals surface area contributed by atoms with Crippen LogP contribution < -0.4 is 10.9 Å². The highest BCUT2D eigenvalue weighted by atomic mass is 16.1. The fourth-order valence-corrected chi connectivity index (χ4v) is 2.97. The molecule has 0 aliphatic heterocycles. The van der Waals surface area contributed by atoms with Gasteiger partial charge in [-0.15, -0.1) is 0 Å². The molecule has 110 valence electrons. The van der Waals surface area contributed by atoms with E-state index in [-0.39, 0.29) is 5.56 Å². The van der Waals surface area contributed by atoms with Gasteiger partial charge in [0.25, 0.3) is 5.56 Å². The number of hydrogen-bond donors (Lipinski definition) is 2. The molecule has 1 heterocycles. The van der Waals surface area contributed by atoms with E-state index in [4.69, 9.17) is 0 Å². The van der Waals surface area contributed by atoms with Gasteiger partial charge in [-0.05, 0) is 61.1 Å². The molecule has 0 bridgehead atoms. The van der Waals surface area contributed by atoms with Crippen molar-refractivity contribution in [2.24, 2.45) is 0 Å². The highest BCUT2D eigenvalue weighted by Crippen LogP contribution is 2.26. The van der Waals surface area contributed by atoms with Crippen molar-refractivity contribution in [3.05, 3.63) is 57.4 Å². The average Bonchev–Trinajstić information content (AvgIpc) is 2.53. The van der Waals surface area contributed by atoms with Gasteiger partial charge < -0.3 is 10.3 Å². The summed E-state index contributed by atoms with van der Waals surface area (Å²) in [6.45, 7) is 3.53. The third-order valence-electron chi connectivity index (χ3n) is 4.22. The third-order valence-corrected chi connectivity index (χ3v) is 4.22. The monoisotopic (exact) mass is 282 g/mol. The first-order valence-corrected chi connectivity index (χ1v) is 7.83. The molecule has 0 saturated heterocycles. The molecule has 0 unspecified atom stereocenters. The van der Waals surface area contributed by atoms with Crippen LogP contribution in [-0.2, 0) is 19.4 Å². The Bertz CT molecular complexity index is 688. The molecule has 0 radical (unpaired) electrons. The maximum Gasteiger partial charge on any atom is 0.252 e. The largest absolute Gasteiger partial charge is 0.322 e. The van der Waals surface area contributed by atoms with Crippen molar-refractivity contribution < 1.29 is 0 Å². The number of aromatic nitrogens is 1. The van der Waals surface area contributed by atoms with Gasteiger partial charge in [0.15, 0.2) is 0 Å². The summed E-state index contributed by atoms with van der Waals surface area (Å²) < 4.78 is 0. The minimum atomic E-state index is 0.00571. The number of hydrogen-bond acceptors (Lipinski definition) is 2. The molecule has 0 amide bonds. The van der Waals surface area contributed by atoms with Gasteiger partial charge in [0, 0.05) is 17.8 Å². The van der Waals surface area contributed by atoms with Gasteiger partial charge >= 0.3 is 0 Å². The van der Waals surface area contributed by atoms with Crippen molar-refractivity contribution >= 4 is 0 Å². The van der Waals surface area contributed by atoms with Gasteiger partial charge in [-0.3, -0.25) is 4.79 Å². The molecule has 1 aliphatic rings. The van der Waals surface area contributed by atoms with Crippen LogP contribution in [-0.4, -0.2) is 11.5 Å². The number of benzene rings is 1. The molecule has 0 fully saturated rings. The highest BCUT2D eigenvalue weighted by molar-refractivity contribution is 5.61. The molecule has 1 aromatic heterocycles. The Morgan fingerprint density at radius 3 is 2.67 bits per heavy atom. The van der Waals surface area contributed by atoms with E-state index >= 15 is 0 Å². The quantitative estimate of drug-likeness (QED) is 0.905. The molecular weight excluding hydrogens is 260 g/mol. The normalized spacial score (nSPS) is 14.0. The van der Waals surface area contributed by atoms with Crippen LogP contribution >= 0.6 is 0 Å². The Kier molecular flexibility index (Phi) is 4.20. The lowest BCUT2D eigenvalue weighted by Gasteiger charge is -2.16. The zero-order chi connectivity index (χ0) is 14.7. The minimum absolute atomic E-state index is 0.00571. The minimum Gasteiger partial charge on any atom is -0.322 e. The number of aromatic amines is 1. The molecular formula is C18H22N2O. The summed E-state index contributed by atoms with van der Waals surface area (Å²) in [5.74, 6) is 0. The summed E-state index contributed by atoms with van der Waals surface area (Å²) in [7, 11) is 0. The average molecular weight is 282 g/mol. The van der Waals surface area contributed by atoms with Crippen LogP contribution in [0.15, 0.2) is 35.1 Å². The predicted octanol–water partition coefficient (Wildman–Crippen LogP) is 3.03. The maximum absolute atomic E-state index is 12.1.